The second-order valence-electron chi connectivity index (χ2n) is 9.44. The molecule has 1 atom stereocenters. The monoisotopic (exact) mass is 526 g/mol. The number of rotatable bonds is 6. The lowest BCUT2D eigenvalue weighted by Crippen LogP contribution is -2.32. The van der Waals surface area contributed by atoms with Gasteiger partial charge in [-0.3, -0.25) is 14.2 Å². The van der Waals surface area contributed by atoms with Crippen LogP contribution in [0.15, 0.2) is 108 Å². The summed E-state index contributed by atoms with van der Waals surface area (Å²) in [5, 5.41) is 8.57. The minimum atomic E-state index is -0.550. The maximum atomic E-state index is 14.2. The highest BCUT2D eigenvalue weighted by Gasteiger charge is 2.23. The number of carbonyl (C=O) groups is 1. The number of pyridine rings is 1. The van der Waals surface area contributed by atoms with Crippen molar-refractivity contribution in [2.45, 2.75) is 13.0 Å². The fourth-order valence-electron chi connectivity index (χ4n) is 4.92. The average Bonchev–Trinajstić information content (AvgIpc) is 3.32. The molecule has 1 amide bonds. The molecule has 0 aliphatic heterocycles. The van der Waals surface area contributed by atoms with E-state index in [1.165, 1.54) is 4.52 Å². The highest BCUT2D eigenvalue weighted by molar-refractivity contribution is 6.04. The molecule has 6 aromatic rings. The zero-order valence-corrected chi connectivity index (χ0v) is 21.7. The number of hydrogen-bond donors (Lipinski definition) is 2. The van der Waals surface area contributed by atoms with Gasteiger partial charge in [0, 0.05) is 23.8 Å². The SMILES string of the molecule is CC(NC(=O)c1c(N)nn2cccnc12)c1cc2cccc(/C=C/c3ccccc3)c2c(=O)n1-c1ccccc1. The van der Waals surface area contributed by atoms with Crippen LogP contribution in [0.5, 0.6) is 0 Å². The number of nitrogen functional groups attached to an aromatic ring is 1. The van der Waals surface area contributed by atoms with Crippen LogP contribution in [0, 0.1) is 0 Å². The highest BCUT2D eigenvalue weighted by Crippen LogP contribution is 2.25. The Morgan fingerprint density at radius 3 is 2.48 bits per heavy atom. The van der Waals surface area contributed by atoms with Crippen molar-refractivity contribution in [2.24, 2.45) is 0 Å². The van der Waals surface area contributed by atoms with E-state index in [9.17, 15) is 9.59 Å². The van der Waals surface area contributed by atoms with E-state index in [2.05, 4.69) is 15.4 Å². The summed E-state index contributed by atoms with van der Waals surface area (Å²) >= 11 is 0. The molecular formula is C32H26N6O2. The second kappa shape index (κ2) is 10.3. The van der Waals surface area contributed by atoms with Gasteiger partial charge in [0.2, 0.25) is 0 Å². The molecule has 3 aromatic carbocycles. The number of nitrogens with two attached hydrogens (primary N) is 1. The Hall–Kier alpha value is -5.50. The first kappa shape index (κ1) is 24.8. The molecule has 196 valence electrons. The molecule has 0 radical (unpaired) electrons. The van der Waals surface area contributed by atoms with E-state index in [-0.39, 0.29) is 16.9 Å². The molecule has 8 nitrogen and oxygen atoms in total. The number of aromatic nitrogens is 4. The van der Waals surface area contributed by atoms with Gasteiger partial charge in [0.15, 0.2) is 11.5 Å². The van der Waals surface area contributed by atoms with E-state index in [1.807, 2.05) is 104 Å². The van der Waals surface area contributed by atoms with Crippen molar-refractivity contribution in [3.05, 3.63) is 136 Å². The average molecular weight is 527 g/mol. The van der Waals surface area contributed by atoms with Gasteiger partial charge >= 0.3 is 0 Å². The van der Waals surface area contributed by atoms with E-state index in [0.29, 0.717) is 22.4 Å². The van der Waals surface area contributed by atoms with E-state index in [4.69, 9.17) is 5.73 Å². The van der Waals surface area contributed by atoms with Crippen LogP contribution in [-0.4, -0.2) is 25.1 Å². The van der Waals surface area contributed by atoms with Crippen molar-refractivity contribution in [3.63, 3.8) is 0 Å². The smallest absolute Gasteiger partial charge is 0.263 e. The number of anilines is 1. The zero-order chi connectivity index (χ0) is 27.6. The van der Waals surface area contributed by atoms with Crippen molar-refractivity contribution in [3.8, 4) is 5.69 Å². The largest absolute Gasteiger partial charge is 0.381 e. The number of amides is 1. The molecule has 6 rings (SSSR count). The number of benzene rings is 3. The van der Waals surface area contributed by atoms with Crippen LogP contribution in [-0.2, 0) is 0 Å². The van der Waals surface area contributed by atoms with E-state index in [1.54, 1.807) is 23.0 Å². The summed E-state index contributed by atoms with van der Waals surface area (Å²) in [4.78, 5) is 31.9. The summed E-state index contributed by atoms with van der Waals surface area (Å²) in [5.41, 5.74) is 9.63. The van der Waals surface area contributed by atoms with E-state index in [0.717, 1.165) is 16.5 Å². The van der Waals surface area contributed by atoms with Gasteiger partial charge in [0.05, 0.1) is 11.4 Å². The number of hydrogen-bond acceptors (Lipinski definition) is 5. The molecule has 40 heavy (non-hydrogen) atoms. The van der Waals surface area contributed by atoms with Crippen LogP contribution < -0.4 is 16.6 Å². The minimum Gasteiger partial charge on any atom is -0.381 e. The molecule has 1 unspecified atom stereocenters. The van der Waals surface area contributed by atoms with Gasteiger partial charge in [0.1, 0.15) is 5.56 Å². The molecule has 0 aliphatic rings. The summed E-state index contributed by atoms with van der Waals surface area (Å²) in [6.07, 6.45) is 7.21. The number of nitrogens with one attached hydrogen (secondary N) is 1. The van der Waals surface area contributed by atoms with E-state index < -0.39 is 11.9 Å². The lowest BCUT2D eigenvalue weighted by atomic mass is 10.0. The van der Waals surface area contributed by atoms with Gasteiger partial charge in [0.25, 0.3) is 11.5 Å². The summed E-state index contributed by atoms with van der Waals surface area (Å²) in [6.45, 7) is 1.84. The maximum absolute atomic E-state index is 14.2. The quantitative estimate of drug-likeness (QED) is 0.287. The van der Waals surface area contributed by atoms with Gasteiger partial charge < -0.3 is 11.1 Å². The van der Waals surface area contributed by atoms with Crippen molar-refractivity contribution >= 4 is 40.3 Å². The topological polar surface area (TPSA) is 107 Å². The Morgan fingerprint density at radius 1 is 0.950 bits per heavy atom. The number of carbonyl (C=O) groups excluding carboxylic acids is 1. The first-order valence-corrected chi connectivity index (χ1v) is 12.9. The molecule has 0 bridgehead atoms. The van der Waals surface area contributed by atoms with Crippen LogP contribution in [0.2, 0.25) is 0 Å². The molecule has 3 heterocycles. The first-order chi connectivity index (χ1) is 19.5. The van der Waals surface area contributed by atoms with Crippen molar-refractivity contribution in [2.75, 3.05) is 5.73 Å². The Labute approximate surface area is 230 Å². The second-order valence-corrected chi connectivity index (χ2v) is 9.44. The van der Waals surface area contributed by atoms with Crippen LogP contribution in [0.25, 0.3) is 34.3 Å². The summed E-state index contributed by atoms with van der Waals surface area (Å²) in [7, 11) is 0. The first-order valence-electron chi connectivity index (χ1n) is 12.9. The van der Waals surface area contributed by atoms with Crippen LogP contribution >= 0.6 is 0 Å². The Kier molecular flexibility index (Phi) is 6.41. The molecule has 0 fully saturated rings. The number of nitrogens with zero attached hydrogens (tertiary/aromatic N) is 4. The number of para-hydroxylation sites is 1. The maximum Gasteiger partial charge on any atom is 0.263 e. The van der Waals surface area contributed by atoms with Gasteiger partial charge in [-0.05, 0) is 47.7 Å². The minimum absolute atomic E-state index is 0.0807. The van der Waals surface area contributed by atoms with Crippen molar-refractivity contribution in [1.29, 1.82) is 0 Å². The zero-order valence-electron chi connectivity index (χ0n) is 21.7. The molecule has 0 saturated heterocycles. The molecule has 8 heteroatoms. The summed E-state index contributed by atoms with van der Waals surface area (Å²) in [5.74, 6) is -0.345. The fraction of sp³-hybridized carbons (Fsp3) is 0.0625. The van der Waals surface area contributed by atoms with Gasteiger partial charge in [-0.15, -0.1) is 5.10 Å². The molecule has 3 N–H and O–H groups in total. The van der Waals surface area contributed by atoms with Crippen molar-refractivity contribution < 1.29 is 4.79 Å². The molecular weight excluding hydrogens is 500 g/mol. The Morgan fingerprint density at radius 2 is 1.70 bits per heavy atom. The van der Waals surface area contributed by atoms with Crippen LogP contribution in [0.4, 0.5) is 5.82 Å². The lowest BCUT2D eigenvalue weighted by molar-refractivity contribution is 0.0941. The lowest BCUT2D eigenvalue weighted by Gasteiger charge is -2.21. The predicted octanol–water partition coefficient (Wildman–Crippen LogP) is 5.28. The van der Waals surface area contributed by atoms with Crippen LogP contribution in [0.1, 0.15) is 40.1 Å². The summed E-state index contributed by atoms with van der Waals surface area (Å²) < 4.78 is 3.13. The Bertz CT molecular complexity index is 1940. The Balaban J connectivity index is 1.47. The van der Waals surface area contributed by atoms with E-state index >= 15 is 0 Å². The third-order valence-electron chi connectivity index (χ3n) is 6.82. The van der Waals surface area contributed by atoms with Gasteiger partial charge in [-0.2, -0.15) is 0 Å². The predicted molar refractivity (Wildman–Crippen MR) is 158 cm³/mol. The van der Waals surface area contributed by atoms with Gasteiger partial charge in [-0.25, -0.2) is 9.50 Å². The standard InChI is InChI=1S/C32H26N6O2/c1-21(35-31(39)28-29(33)36-37-19-9-18-34-30(28)37)26-20-24-13-8-12-23(17-16-22-10-4-2-5-11-22)27(24)32(40)38(26)25-14-6-3-7-15-25/h2-21H,1H3,(H2,33,36)(H,35,39)/b17-16+. The van der Waals surface area contributed by atoms with Gasteiger partial charge in [-0.1, -0.05) is 78.9 Å². The van der Waals surface area contributed by atoms with Crippen molar-refractivity contribution in [1.82, 2.24) is 24.5 Å². The molecule has 0 saturated carbocycles. The molecule has 0 aliphatic carbocycles. The molecule has 0 spiro atoms. The number of fused-ring (bicyclic) bond motifs is 2. The fourth-order valence-corrected chi connectivity index (χ4v) is 4.92. The normalized spacial score (nSPS) is 12.2. The third-order valence-corrected chi connectivity index (χ3v) is 6.82. The van der Waals surface area contributed by atoms with Crippen LogP contribution in [0.3, 0.4) is 0 Å². The highest BCUT2D eigenvalue weighted by atomic mass is 16.2. The third kappa shape index (κ3) is 4.52. The summed E-state index contributed by atoms with van der Waals surface area (Å²) in [6, 6.07) is 28.2. The molecule has 3 aromatic heterocycles.